The number of H-pyrrole nitrogens is 1. The molecule has 1 aliphatic heterocycles. The number of benzene rings is 1. The van der Waals surface area contributed by atoms with Crippen LogP contribution in [-0.4, -0.2) is 25.9 Å². The third kappa shape index (κ3) is 2.50. The molecule has 2 bridgehead atoms. The Kier molecular flexibility index (Phi) is 3.39. The van der Waals surface area contributed by atoms with E-state index in [2.05, 4.69) is 25.5 Å². The molecule has 0 radical (unpaired) electrons. The zero-order chi connectivity index (χ0) is 17.7. The fourth-order valence-electron chi connectivity index (χ4n) is 3.15. The smallest absolute Gasteiger partial charge is 0.186 e. The lowest BCUT2D eigenvalue weighted by atomic mass is 10.0. The van der Waals surface area contributed by atoms with Crippen molar-refractivity contribution in [1.29, 1.82) is 0 Å². The van der Waals surface area contributed by atoms with E-state index in [4.69, 9.17) is 11.6 Å². The van der Waals surface area contributed by atoms with Gasteiger partial charge in [0.05, 0.1) is 6.20 Å². The van der Waals surface area contributed by atoms with Crippen molar-refractivity contribution >= 4 is 35.1 Å². The summed E-state index contributed by atoms with van der Waals surface area (Å²) in [4.78, 5) is 21.6. The molecule has 1 aliphatic carbocycles. The van der Waals surface area contributed by atoms with Gasteiger partial charge < -0.3 is 5.32 Å². The molecule has 1 aromatic carbocycles. The van der Waals surface area contributed by atoms with Crippen LogP contribution in [0, 0.1) is 0 Å². The molecule has 1 saturated carbocycles. The van der Waals surface area contributed by atoms with Crippen LogP contribution in [0.3, 0.4) is 0 Å². The van der Waals surface area contributed by atoms with Crippen molar-refractivity contribution in [2.24, 2.45) is 0 Å². The number of allylic oxidation sites excluding steroid dienone is 1. The number of halogens is 1. The number of carbonyl (C=O) groups excluding carboxylic acids is 1. The number of nitrogens with one attached hydrogen (secondary N) is 2. The van der Waals surface area contributed by atoms with Crippen molar-refractivity contribution in [3.05, 3.63) is 58.4 Å². The molecule has 2 N–H and O–H groups in total. The van der Waals surface area contributed by atoms with Gasteiger partial charge in [0.15, 0.2) is 23.2 Å². The second-order valence-corrected chi connectivity index (χ2v) is 6.84. The van der Waals surface area contributed by atoms with E-state index in [9.17, 15) is 4.79 Å². The largest absolute Gasteiger partial charge is 0.322 e. The van der Waals surface area contributed by atoms with Gasteiger partial charge in [0.2, 0.25) is 0 Å². The van der Waals surface area contributed by atoms with Crippen molar-refractivity contribution in [1.82, 2.24) is 20.2 Å². The maximum absolute atomic E-state index is 12.8. The molecule has 0 unspecified atom stereocenters. The summed E-state index contributed by atoms with van der Waals surface area (Å²) in [5, 5.41) is 11.0. The Labute approximate surface area is 154 Å². The van der Waals surface area contributed by atoms with E-state index in [1.807, 2.05) is 24.3 Å². The number of anilines is 2. The lowest BCUT2D eigenvalue weighted by Gasteiger charge is -2.09. The molecule has 6 nitrogen and oxygen atoms in total. The van der Waals surface area contributed by atoms with E-state index in [-0.39, 0.29) is 5.78 Å². The summed E-state index contributed by atoms with van der Waals surface area (Å²) in [5.41, 5.74) is 3.13. The number of carbonyl (C=O) groups is 1. The van der Waals surface area contributed by atoms with Gasteiger partial charge >= 0.3 is 0 Å². The molecule has 26 heavy (non-hydrogen) atoms. The SMILES string of the molecule is O=C1/C=C\c2c(n[nH]c2C2CC2)Nc2nc(ncc2Cl)-c2ccccc21. The summed E-state index contributed by atoms with van der Waals surface area (Å²) in [6.45, 7) is 0. The third-order valence-corrected chi connectivity index (χ3v) is 4.91. The van der Waals surface area contributed by atoms with Crippen LogP contribution in [0.15, 0.2) is 36.5 Å². The number of hydrogen-bond donors (Lipinski definition) is 2. The Balaban J connectivity index is 1.75. The van der Waals surface area contributed by atoms with E-state index in [0.717, 1.165) is 24.1 Å². The first-order chi connectivity index (χ1) is 12.7. The summed E-state index contributed by atoms with van der Waals surface area (Å²) >= 11 is 6.28. The predicted molar refractivity (Wildman–Crippen MR) is 99.7 cm³/mol. The highest BCUT2D eigenvalue weighted by Gasteiger charge is 2.29. The number of rotatable bonds is 1. The normalized spacial score (nSPS) is 16.9. The fraction of sp³-hybridized carbons (Fsp3) is 0.158. The van der Waals surface area contributed by atoms with Crippen LogP contribution in [-0.2, 0) is 0 Å². The molecular weight excluding hydrogens is 350 g/mol. The molecule has 0 spiro atoms. The van der Waals surface area contributed by atoms with Gasteiger partial charge in [0.25, 0.3) is 0 Å². The molecule has 7 heteroatoms. The zero-order valence-electron chi connectivity index (χ0n) is 13.7. The molecule has 3 aromatic rings. The minimum atomic E-state index is -0.100. The minimum Gasteiger partial charge on any atom is -0.322 e. The third-order valence-electron chi connectivity index (χ3n) is 4.63. The quantitative estimate of drug-likeness (QED) is 0.671. The molecule has 0 amide bonds. The summed E-state index contributed by atoms with van der Waals surface area (Å²) in [5.74, 6) is 1.87. The maximum atomic E-state index is 12.8. The number of aromatic amines is 1. The van der Waals surface area contributed by atoms with Crippen molar-refractivity contribution < 1.29 is 4.79 Å². The predicted octanol–water partition coefficient (Wildman–Crippen LogP) is 4.35. The van der Waals surface area contributed by atoms with Crippen molar-refractivity contribution in [2.45, 2.75) is 18.8 Å². The standard InChI is InChI=1S/C19H14ClN5O/c20-14-9-21-17-12-4-2-1-3-11(12)15(26)8-7-13-16(10-5-6-10)24-25-18(13)23-19(14)22-17/h1-4,7-10H,5-6H2,(H2,21,22,23,24,25)/b8-7-. The summed E-state index contributed by atoms with van der Waals surface area (Å²) in [6, 6.07) is 7.30. The van der Waals surface area contributed by atoms with Gasteiger partial charge in [-0.1, -0.05) is 35.9 Å². The number of nitrogens with zero attached hydrogens (tertiary/aromatic N) is 3. The minimum absolute atomic E-state index is 0.100. The maximum Gasteiger partial charge on any atom is 0.186 e. The molecule has 0 atom stereocenters. The zero-order valence-corrected chi connectivity index (χ0v) is 14.4. The monoisotopic (exact) mass is 363 g/mol. The molecule has 3 heterocycles. The van der Waals surface area contributed by atoms with Gasteiger partial charge in [-0.3, -0.25) is 9.89 Å². The van der Waals surface area contributed by atoms with Crippen LogP contribution in [0.2, 0.25) is 5.02 Å². The van der Waals surface area contributed by atoms with E-state index in [1.54, 1.807) is 12.1 Å². The molecule has 2 aromatic heterocycles. The first-order valence-electron chi connectivity index (χ1n) is 8.40. The highest BCUT2D eigenvalue weighted by atomic mass is 35.5. The van der Waals surface area contributed by atoms with E-state index >= 15 is 0 Å². The van der Waals surface area contributed by atoms with Gasteiger partial charge in [-0.15, -0.1) is 0 Å². The second kappa shape index (κ2) is 5.78. The molecule has 1 fully saturated rings. The van der Waals surface area contributed by atoms with Crippen LogP contribution in [0.5, 0.6) is 0 Å². The van der Waals surface area contributed by atoms with Gasteiger partial charge in [0, 0.05) is 28.3 Å². The molecule has 5 rings (SSSR count). The first-order valence-corrected chi connectivity index (χ1v) is 8.78. The Morgan fingerprint density at radius 3 is 2.69 bits per heavy atom. The average molecular weight is 364 g/mol. The molecular formula is C19H14ClN5O. The van der Waals surface area contributed by atoms with Gasteiger partial charge in [-0.2, -0.15) is 5.10 Å². The van der Waals surface area contributed by atoms with Crippen molar-refractivity contribution in [3.8, 4) is 11.4 Å². The Hall–Kier alpha value is -2.99. The number of ketones is 1. The van der Waals surface area contributed by atoms with E-state index in [0.29, 0.717) is 39.5 Å². The summed E-state index contributed by atoms with van der Waals surface area (Å²) < 4.78 is 0. The van der Waals surface area contributed by atoms with Crippen LogP contribution in [0.1, 0.15) is 40.4 Å². The van der Waals surface area contributed by atoms with Crippen LogP contribution in [0.25, 0.3) is 17.5 Å². The van der Waals surface area contributed by atoms with Crippen LogP contribution >= 0.6 is 11.6 Å². The summed E-state index contributed by atoms with van der Waals surface area (Å²) in [6.07, 6.45) is 7.17. The average Bonchev–Trinajstić information content (AvgIpc) is 3.43. The first kappa shape index (κ1) is 15.3. The Morgan fingerprint density at radius 2 is 1.88 bits per heavy atom. The number of fused-ring (bicyclic) bond motifs is 5. The topological polar surface area (TPSA) is 83.6 Å². The molecule has 0 saturated heterocycles. The van der Waals surface area contributed by atoms with Crippen LogP contribution in [0.4, 0.5) is 11.6 Å². The molecule has 128 valence electrons. The van der Waals surface area contributed by atoms with Crippen molar-refractivity contribution in [3.63, 3.8) is 0 Å². The molecule has 2 aliphatic rings. The van der Waals surface area contributed by atoms with Crippen molar-refractivity contribution in [2.75, 3.05) is 5.32 Å². The second-order valence-electron chi connectivity index (χ2n) is 6.43. The lowest BCUT2D eigenvalue weighted by molar-refractivity contribution is 0.104. The Morgan fingerprint density at radius 1 is 1.08 bits per heavy atom. The summed E-state index contributed by atoms with van der Waals surface area (Å²) in [7, 11) is 0. The highest BCUT2D eigenvalue weighted by molar-refractivity contribution is 6.33. The fourth-order valence-corrected chi connectivity index (χ4v) is 3.29. The lowest BCUT2D eigenvalue weighted by Crippen LogP contribution is -2.02. The van der Waals surface area contributed by atoms with Gasteiger partial charge in [-0.05, 0) is 25.0 Å². The van der Waals surface area contributed by atoms with Crippen LogP contribution < -0.4 is 5.32 Å². The number of hydrogen-bond acceptors (Lipinski definition) is 5. The van der Waals surface area contributed by atoms with E-state index < -0.39 is 0 Å². The van der Waals surface area contributed by atoms with Gasteiger partial charge in [0.1, 0.15) is 5.02 Å². The Bertz CT molecular complexity index is 1070. The highest BCUT2D eigenvalue weighted by Crippen LogP contribution is 2.43. The van der Waals surface area contributed by atoms with E-state index in [1.165, 1.54) is 6.20 Å². The van der Waals surface area contributed by atoms with Gasteiger partial charge in [-0.25, -0.2) is 9.97 Å². The number of aromatic nitrogens is 4.